The van der Waals surface area contributed by atoms with E-state index in [-0.39, 0.29) is 12.5 Å². The maximum Gasteiger partial charge on any atom is 0.266 e. The summed E-state index contributed by atoms with van der Waals surface area (Å²) in [7, 11) is 0. The number of aromatic nitrogens is 4. The van der Waals surface area contributed by atoms with Gasteiger partial charge in [0.2, 0.25) is 5.91 Å². The molecule has 9 heteroatoms. The largest absolute Gasteiger partial charge is 0.378 e. The van der Waals surface area contributed by atoms with Crippen LogP contribution in [0.4, 0.5) is 11.6 Å². The van der Waals surface area contributed by atoms with E-state index in [2.05, 4.69) is 37.8 Å². The van der Waals surface area contributed by atoms with E-state index in [1.165, 1.54) is 10.5 Å². The topological polar surface area (TPSA) is 88.4 Å². The van der Waals surface area contributed by atoms with Crippen molar-refractivity contribution in [3.63, 3.8) is 0 Å². The number of rotatable bonds is 6. The average molecular weight is 371 g/mol. The summed E-state index contributed by atoms with van der Waals surface area (Å²) >= 11 is 0. The molecule has 0 radical (unpaired) electrons. The number of carbonyl (C=O) groups is 1. The molecule has 9 nitrogen and oxygen atoms in total. The fourth-order valence-electron chi connectivity index (χ4n) is 3.61. The van der Waals surface area contributed by atoms with Crippen LogP contribution in [0, 0.1) is 0 Å². The van der Waals surface area contributed by atoms with Gasteiger partial charge in [0.25, 0.3) is 5.95 Å². The second kappa shape index (κ2) is 8.34. The van der Waals surface area contributed by atoms with Gasteiger partial charge in [0.05, 0.1) is 13.2 Å². The highest BCUT2D eigenvalue weighted by Gasteiger charge is 2.25. The van der Waals surface area contributed by atoms with Crippen molar-refractivity contribution in [3.8, 4) is 0 Å². The molecule has 1 atom stereocenters. The predicted molar refractivity (Wildman–Crippen MR) is 101 cm³/mol. The first-order chi connectivity index (χ1) is 13.3. The minimum Gasteiger partial charge on any atom is -0.378 e. The number of nitrogens with one attached hydrogen (secondary N) is 1. The third kappa shape index (κ3) is 4.36. The highest BCUT2D eigenvalue weighted by atomic mass is 16.5. The van der Waals surface area contributed by atoms with Crippen molar-refractivity contribution in [1.82, 2.24) is 25.5 Å². The van der Waals surface area contributed by atoms with Gasteiger partial charge in [0, 0.05) is 37.9 Å². The number of hydrogen-bond donors (Lipinski definition) is 1. The van der Waals surface area contributed by atoms with Gasteiger partial charge in [-0.05, 0) is 30.2 Å². The number of benzene rings is 1. The quantitative estimate of drug-likeness (QED) is 0.781. The fourth-order valence-corrected chi connectivity index (χ4v) is 3.61. The van der Waals surface area contributed by atoms with E-state index in [4.69, 9.17) is 4.74 Å². The van der Waals surface area contributed by atoms with Gasteiger partial charge in [0.15, 0.2) is 0 Å². The van der Waals surface area contributed by atoms with Gasteiger partial charge in [-0.25, -0.2) is 0 Å². The summed E-state index contributed by atoms with van der Waals surface area (Å²) in [5.74, 6) is 0.456. The minimum absolute atomic E-state index is 0.0788. The summed E-state index contributed by atoms with van der Waals surface area (Å²) in [6.07, 6.45) is 2.22. The summed E-state index contributed by atoms with van der Waals surface area (Å²) in [4.78, 5) is 18.0. The third-order valence-corrected chi connectivity index (χ3v) is 5.02. The molecule has 4 rings (SSSR count). The number of morpholine rings is 1. The van der Waals surface area contributed by atoms with E-state index in [1.807, 2.05) is 23.1 Å². The van der Waals surface area contributed by atoms with Gasteiger partial charge >= 0.3 is 0 Å². The molecule has 1 aromatic carbocycles. The summed E-state index contributed by atoms with van der Waals surface area (Å²) in [5, 5.41) is 15.4. The molecule has 0 saturated carbocycles. The van der Waals surface area contributed by atoms with Crippen LogP contribution >= 0.6 is 0 Å². The smallest absolute Gasteiger partial charge is 0.266 e. The molecule has 1 N–H and O–H groups in total. The van der Waals surface area contributed by atoms with Crippen molar-refractivity contribution in [2.45, 2.75) is 25.4 Å². The molecule has 144 valence electrons. The lowest BCUT2D eigenvalue weighted by Gasteiger charge is -2.27. The SMILES string of the molecule is O=C(Cn1nnc(N2CCOCC2)n1)NCC1CCCN1c1ccccc1. The van der Waals surface area contributed by atoms with Crippen LogP contribution in [-0.4, -0.2) is 71.5 Å². The molecule has 0 spiro atoms. The summed E-state index contributed by atoms with van der Waals surface area (Å²) in [6.45, 7) is 4.54. The average Bonchev–Trinajstić information content (AvgIpc) is 3.37. The monoisotopic (exact) mass is 371 g/mol. The van der Waals surface area contributed by atoms with Crippen LogP contribution in [0.2, 0.25) is 0 Å². The normalized spacial score (nSPS) is 20.1. The van der Waals surface area contributed by atoms with E-state index in [0.717, 1.165) is 32.5 Å². The van der Waals surface area contributed by atoms with E-state index >= 15 is 0 Å². The van der Waals surface area contributed by atoms with E-state index in [1.54, 1.807) is 0 Å². The van der Waals surface area contributed by atoms with Gasteiger partial charge in [-0.3, -0.25) is 4.79 Å². The maximum atomic E-state index is 12.3. The van der Waals surface area contributed by atoms with Crippen LogP contribution in [0.5, 0.6) is 0 Å². The van der Waals surface area contributed by atoms with Gasteiger partial charge in [0.1, 0.15) is 6.54 Å². The van der Waals surface area contributed by atoms with Crippen molar-refractivity contribution in [2.24, 2.45) is 0 Å². The van der Waals surface area contributed by atoms with E-state index in [9.17, 15) is 4.79 Å². The first-order valence-corrected chi connectivity index (χ1v) is 9.48. The lowest BCUT2D eigenvalue weighted by molar-refractivity contribution is -0.122. The Morgan fingerprint density at radius 3 is 2.81 bits per heavy atom. The molecule has 2 aliphatic rings. The summed E-state index contributed by atoms with van der Waals surface area (Å²) in [5.41, 5.74) is 1.21. The molecule has 0 aliphatic carbocycles. The van der Waals surface area contributed by atoms with Crippen molar-refractivity contribution < 1.29 is 9.53 Å². The number of carbonyl (C=O) groups excluding carboxylic acids is 1. The fraction of sp³-hybridized carbons (Fsp3) is 0.556. The number of hydrogen-bond acceptors (Lipinski definition) is 7. The molecule has 2 aliphatic heterocycles. The van der Waals surface area contributed by atoms with E-state index < -0.39 is 0 Å². The Morgan fingerprint density at radius 2 is 2.00 bits per heavy atom. The molecular weight excluding hydrogens is 346 g/mol. The Morgan fingerprint density at radius 1 is 1.19 bits per heavy atom. The molecule has 2 aromatic rings. The van der Waals surface area contributed by atoms with Gasteiger partial charge in [-0.1, -0.05) is 23.3 Å². The molecular formula is C18H25N7O2. The first kappa shape index (κ1) is 17.7. The van der Waals surface area contributed by atoms with Crippen LogP contribution in [-0.2, 0) is 16.1 Å². The number of para-hydroxylation sites is 1. The molecule has 0 bridgehead atoms. The van der Waals surface area contributed by atoms with Crippen LogP contribution in [0.3, 0.4) is 0 Å². The Bertz CT molecular complexity index is 745. The lowest BCUT2D eigenvalue weighted by atomic mass is 10.2. The predicted octanol–water partition coefficient (Wildman–Crippen LogP) is 0.295. The highest BCUT2D eigenvalue weighted by molar-refractivity contribution is 5.75. The number of anilines is 2. The van der Waals surface area contributed by atoms with Gasteiger partial charge in [-0.15, -0.1) is 5.10 Å². The maximum absolute atomic E-state index is 12.3. The van der Waals surface area contributed by atoms with E-state index in [0.29, 0.717) is 31.7 Å². The zero-order valence-corrected chi connectivity index (χ0v) is 15.3. The highest BCUT2D eigenvalue weighted by Crippen LogP contribution is 2.24. The van der Waals surface area contributed by atoms with Gasteiger partial charge in [-0.2, -0.15) is 4.80 Å². The zero-order chi connectivity index (χ0) is 18.5. The van der Waals surface area contributed by atoms with Crippen molar-refractivity contribution in [2.75, 3.05) is 49.2 Å². The number of ether oxygens (including phenoxy) is 1. The Kier molecular flexibility index (Phi) is 5.47. The Hall–Kier alpha value is -2.68. The minimum atomic E-state index is -0.0964. The Labute approximate surface area is 158 Å². The standard InChI is InChI=1S/C18H25N7O2/c26-17(14-25-21-18(20-22-25)23-9-11-27-12-10-23)19-13-16-7-4-8-24(16)15-5-2-1-3-6-15/h1-3,5-6,16H,4,7-14H2,(H,19,26). The van der Waals surface area contributed by atoms with Crippen LogP contribution in [0.25, 0.3) is 0 Å². The molecule has 1 unspecified atom stereocenters. The molecule has 1 amide bonds. The zero-order valence-electron chi connectivity index (χ0n) is 15.3. The van der Waals surface area contributed by atoms with Crippen molar-refractivity contribution >= 4 is 17.5 Å². The van der Waals surface area contributed by atoms with Crippen LogP contribution in [0.15, 0.2) is 30.3 Å². The number of tetrazole rings is 1. The molecule has 27 heavy (non-hydrogen) atoms. The van der Waals surface area contributed by atoms with Crippen LogP contribution < -0.4 is 15.1 Å². The van der Waals surface area contributed by atoms with Gasteiger partial charge < -0.3 is 19.9 Å². The molecule has 1 aromatic heterocycles. The molecule has 2 saturated heterocycles. The van der Waals surface area contributed by atoms with Crippen molar-refractivity contribution in [3.05, 3.63) is 30.3 Å². The molecule has 2 fully saturated rings. The lowest BCUT2D eigenvalue weighted by Crippen LogP contribution is -2.41. The van der Waals surface area contributed by atoms with Crippen LogP contribution in [0.1, 0.15) is 12.8 Å². The summed E-state index contributed by atoms with van der Waals surface area (Å²) in [6, 6.07) is 10.7. The molecule has 3 heterocycles. The third-order valence-electron chi connectivity index (χ3n) is 5.02. The number of amides is 1. The second-order valence-electron chi connectivity index (χ2n) is 6.85. The first-order valence-electron chi connectivity index (χ1n) is 9.48. The second-order valence-corrected chi connectivity index (χ2v) is 6.85. The Balaban J connectivity index is 1.28. The van der Waals surface area contributed by atoms with Crippen molar-refractivity contribution in [1.29, 1.82) is 0 Å². The number of nitrogens with zero attached hydrogens (tertiary/aromatic N) is 6. The summed E-state index contributed by atoms with van der Waals surface area (Å²) < 4.78 is 5.32.